The van der Waals surface area contributed by atoms with Crippen LogP contribution in [0.2, 0.25) is 10.0 Å². The van der Waals surface area contributed by atoms with Gasteiger partial charge < -0.3 is 5.32 Å². The van der Waals surface area contributed by atoms with E-state index in [2.05, 4.69) is 10.4 Å². The van der Waals surface area contributed by atoms with Crippen LogP contribution in [0.3, 0.4) is 0 Å². The molecule has 1 heterocycles. The normalized spacial score (nSPS) is 10.8. The van der Waals surface area contributed by atoms with E-state index in [0.717, 1.165) is 22.4 Å². The fourth-order valence-electron chi connectivity index (χ4n) is 2.61. The topological polar surface area (TPSA) is 46.9 Å². The van der Waals surface area contributed by atoms with Gasteiger partial charge in [0.1, 0.15) is 0 Å². The molecule has 2 aromatic carbocycles. The summed E-state index contributed by atoms with van der Waals surface area (Å²) in [4.78, 5) is 12.4. The molecule has 26 heavy (non-hydrogen) atoms. The molecule has 0 unspecified atom stereocenters. The van der Waals surface area contributed by atoms with Gasteiger partial charge in [-0.2, -0.15) is 5.10 Å². The van der Waals surface area contributed by atoms with Gasteiger partial charge in [-0.1, -0.05) is 35.3 Å². The first-order valence-electron chi connectivity index (χ1n) is 8.20. The summed E-state index contributed by atoms with van der Waals surface area (Å²) in [5, 5.41) is 8.36. The minimum atomic E-state index is -0.174. The molecule has 0 saturated heterocycles. The zero-order chi connectivity index (χ0) is 18.8. The molecule has 0 fully saturated rings. The first-order valence-corrected chi connectivity index (χ1v) is 8.96. The summed E-state index contributed by atoms with van der Waals surface area (Å²) in [5.74, 6) is 0.345. The van der Waals surface area contributed by atoms with Gasteiger partial charge in [0.2, 0.25) is 0 Å². The molecule has 3 aromatic rings. The maximum absolute atomic E-state index is 12.4. The third-order valence-electron chi connectivity index (χ3n) is 4.31. The highest BCUT2D eigenvalue weighted by Gasteiger charge is 2.11. The minimum absolute atomic E-state index is 0.174. The van der Waals surface area contributed by atoms with Crippen molar-refractivity contribution in [3.63, 3.8) is 0 Å². The van der Waals surface area contributed by atoms with Crippen molar-refractivity contribution in [2.45, 2.75) is 27.3 Å². The van der Waals surface area contributed by atoms with Gasteiger partial charge in [-0.25, -0.2) is 0 Å². The molecule has 1 aromatic heterocycles. The van der Waals surface area contributed by atoms with Crippen LogP contribution < -0.4 is 5.32 Å². The van der Waals surface area contributed by atoms with Gasteiger partial charge in [-0.15, -0.1) is 0 Å². The van der Waals surface area contributed by atoms with E-state index in [1.807, 2.05) is 61.9 Å². The van der Waals surface area contributed by atoms with Crippen LogP contribution in [0, 0.1) is 20.8 Å². The first kappa shape index (κ1) is 18.5. The number of aromatic nitrogens is 2. The number of rotatable bonds is 4. The van der Waals surface area contributed by atoms with Crippen LogP contribution >= 0.6 is 23.2 Å². The van der Waals surface area contributed by atoms with Crippen LogP contribution in [-0.2, 0) is 6.54 Å². The molecule has 0 aliphatic rings. The van der Waals surface area contributed by atoms with Crippen LogP contribution in [0.1, 0.15) is 32.7 Å². The summed E-state index contributed by atoms with van der Waals surface area (Å²) in [5.41, 5.74) is 4.77. The fourth-order valence-corrected chi connectivity index (χ4v) is 2.93. The Labute approximate surface area is 162 Å². The Morgan fingerprint density at radius 1 is 1.00 bits per heavy atom. The van der Waals surface area contributed by atoms with E-state index in [-0.39, 0.29) is 5.91 Å². The van der Waals surface area contributed by atoms with Crippen molar-refractivity contribution >= 4 is 34.9 Å². The molecule has 1 amide bonds. The number of anilines is 1. The largest absolute Gasteiger partial charge is 0.305 e. The maximum atomic E-state index is 12.4. The highest BCUT2D eigenvalue weighted by Crippen LogP contribution is 2.23. The number of halogens is 2. The number of hydrogen-bond acceptors (Lipinski definition) is 2. The predicted molar refractivity (Wildman–Crippen MR) is 106 cm³/mol. The predicted octanol–water partition coefficient (Wildman–Crippen LogP) is 5.42. The fraction of sp³-hybridized carbons (Fsp3) is 0.200. The Morgan fingerprint density at radius 2 is 1.77 bits per heavy atom. The molecule has 134 valence electrons. The molecule has 0 atom stereocenters. The molecular weight excluding hydrogens is 369 g/mol. The highest BCUT2D eigenvalue weighted by atomic mass is 35.5. The maximum Gasteiger partial charge on any atom is 0.256 e. The summed E-state index contributed by atoms with van der Waals surface area (Å²) in [7, 11) is 0. The van der Waals surface area contributed by atoms with Gasteiger partial charge in [0.15, 0.2) is 5.82 Å². The van der Waals surface area contributed by atoms with Crippen molar-refractivity contribution in [2.24, 2.45) is 0 Å². The SMILES string of the molecule is Cc1ccc(C(=O)Nc2cc(C)n(Cc3ccc(Cl)c(Cl)c3)n2)cc1C. The molecule has 0 saturated carbocycles. The lowest BCUT2D eigenvalue weighted by Gasteiger charge is -2.06. The summed E-state index contributed by atoms with van der Waals surface area (Å²) in [6.45, 7) is 6.49. The Bertz CT molecular complexity index is 979. The van der Waals surface area contributed by atoms with E-state index >= 15 is 0 Å². The van der Waals surface area contributed by atoms with Crippen molar-refractivity contribution < 1.29 is 4.79 Å². The minimum Gasteiger partial charge on any atom is -0.305 e. The third-order valence-corrected chi connectivity index (χ3v) is 5.05. The van der Waals surface area contributed by atoms with E-state index in [1.165, 1.54) is 0 Å². The van der Waals surface area contributed by atoms with Gasteiger partial charge in [0, 0.05) is 17.3 Å². The number of nitrogens with one attached hydrogen (secondary N) is 1. The number of nitrogens with zero attached hydrogens (tertiary/aromatic N) is 2. The van der Waals surface area contributed by atoms with Crippen LogP contribution in [-0.4, -0.2) is 15.7 Å². The Hall–Kier alpha value is -2.30. The summed E-state index contributed by atoms with van der Waals surface area (Å²) < 4.78 is 1.82. The molecule has 6 heteroatoms. The van der Waals surface area contributed by atoms with Crippen LogP contribution in [0.4, 0.5) is 5.82 Å². The van der Waals surface area contributed by atoms with Crippen molar-refractivity contribution in [3.05, 3.63) is 80.5 Å². The number of carbonyl (C=O) groups is 1. The summed E-state index contributed by atoms with van der Waals surface area (Å²) in [6, 6.07) is 13.0. The number of carbonyl (C=O) groups excluding carboxylic acids is 1. The quantitative estimate of drug-likeness (QED) is 0.649. The number of benzene rings is 2. The zero-order valence-corrected chi connectivity index (χ0v) is 16.3. The van der Waals surface area contributed by atoms with Gasteiger partial charge >= 0.3 is 0 Å². The lowest BCUT2D eigenvalue weighted by molar-refractivity contribution is 0.102. The second-order valence-electron chi connectivity index (χ2n) is 6.33. The molecule has 1 N–H and O–H groups in total. The summed E-state index contributed by atoms with van der Waals surface area (Å²) >= 11 is 12.0. The molecule has 0 radical (unpaired) electrons. The highest BCUT2D eigenvalue weighted by molar-refractivity contribution is 6.42. The van der Waals surface area contributed by atoms with Gasteiger partial charge in [0.25, 0.3) is 5.91 Å². The van der Waals surface area contributed by atoms with E-state index in [4.69, 9.17) is 23.2 Å². The number of amides is 1. The number of aryl methyl sites for hydroxylation is 3. The van der Waals surface area contributed by atoms with Gasteiger partial charge in [-0.3, -0.25) is 9.48 Å². The van der Waals surface area contributed by atoms with Gasteiger partial charge in [-0.05, 0) is 61.7 Å². The standard InChI is InChI=1S/C20H19Cl2N3O/c1-12-4-6-16(8-13(12)2)20(26)23-19-9-14(3)25(24-19)11-15-5-7-17(21)18(22)10-15/h4-10H,11H2,1-3H3,(H,23,24,26). The zero-order valence-electron chi connectivity index (χ0n) is 14.8. The first-order chi connectivity index (χ1) is 12.3. The van der Waals surface area contributed by atoms with E-state index in [1.54, 1.807) is 6.07 Å². The van der Waals surface area contributed by atoms with Crippen LogP contribution in [0.5, 0.6) is 0 Å². The Balaban J connectivity index is 1.76. The Morgan fingerprint density at radius 3 is 2.46 bits per heavy atom. The molecule has 4 nitrogen and oxygen atoms in total. The smallest absolute Gasteiger partial charge is 0.256 e. The molecular formula is C20H19Cl2N3O. The van der Waals surface area contributed by atoms with E-state index in [0.29, 0.717) is 28.0 Å². The van der Waals surface area contributed by atoms with Gasteiger partial charge in [0.05, 0.1) is 16.6 Å². The molecule has 0 aliphatic carbocycles. The number of hydrogen-bond donors (Lipinski definition) is 1. The van der Waals surface area contributed by atoms with E-state index < -0.39 is 0 Å². The van der Waals surface area contributed by atoms with Crippen molar-refractivity contribution in [1.29, 1.82) is 0 Å². The second kappa shape index (κ2) is 7.52. The van der Waals surface area contributed by atoms with Crippen LogP contribution in [0.25, 0.3) is 0 Å². The lowest BCUT2D eigenvalue weighted by atomic mass is 10.1. The molecule has 0 spiro atoms. The lowest BCUT2D eigenvalue weighted by Crippen LogP contribution is -2.13. The molecule has 0 bridgehead atoms. The molecule has 3 rings (SSSR count). The van der Waals surface area contributed by atoms with Crippen molar-refractivity contribution in [2.75, 3.05) is 5.32 Å². The molecule has 0 aliphatic heterocycles. The summed E-state index contributed by atoms with van der Waals surface area (Å²) in [6.07, 6.45) is 0. The van der Waals surface area contributed by atoms with Crippen molar-refractivity contribution in [1.82, 2.24) is 9.78 Å². The average molecular weight is 388 g/mol. The second-order valence-corrected chi connectivity index (χ2v) is 7.14. The van der Waals surface area contributed by atoms with Crippen LogP contribution in [0.15, 0.2) is 42.5 Å². The third kappa shape index (κ3) is 4.09. The van der Waals surface area contributed by atoms with Crippen molar-refractivity contribution in [3.8, 4) is 0 Å². The monoisotopic (exact) mass is 387 g/mol. The average Bonchev–Trinajstić information content (AvgIpc) is 2.92. The van der Waals surface area contributed by atoms with E-state index in [9.17, 15) is 4.79 Å². The Kier molecular flexibility index (Phi) is 5.35.